The summed E-state index contributed by atoms with van der Waals surface area (Å²) in [6.45, 7) is 3.84. The van der Waals surface area contributed by atoms with Crippen LogP contribution in [0.4, 0.5) is 5.69 Å². The molecule has 2 atom stereocenters. The number of benzene rings is 1. The van der Waals surface area contributed by atoms with E-state index >= 15 is 0 Å². The van der Waals surface area contributed by atoms with Crippen molar-refractivity contribution < 1.29 is 19.4 Å². The molecule has 0 bridgehead atoms. The Kier molecular flexibility index (Phi) is 4.85. The fourth-order valence-corrected chi connectivity index (χ4v) is 2.73. The van der Waals surface area contributed by atoms with Gasteiger partial charge >= 0.3 is 0 Å². The van der Waals surface area contributed by atoms with Gasteiger partial charge in [0.05, 0.1) is 13.0 Å². The van der Waals surface area contributed by atoms with Gasteiger partial charge in [-0.25, -0.2) is 0 Å². The SMILES string of the molecule is COc1ccc(NC(=O)[C@H]2CC(C)=C(C)C[C@@H]2C(=O)[O-])cc1. The zero-order chi connectivity index (χ0) is 16.3. The molecule has 0 fully saturated rings. The minimum Gasteiger partial charge on any atom is -0.550 e. The van der Waals surface area contributed by atoms with Crippen LogP contribution in [-0.4, -0.2) is 19.0 Å². The highest BCUT2D eigenvalue weighted by Crippen LogP contribution is 2.34. The summed E-state index contributed by atoms with van der Waals surface area (Å²) in [6.07, 6.45) is 0.821. The fourth-order valence-electron chi connectivity index (χ4n) is 2.73. The van der Waals surface area contributed by atoms with Crippen molar-refractivity contribution in [2.75, 3.05) is 12.4 Å². The molecule has 1 aromatic carbocycles. The molecule has 1 N–H and O–H groups in total. The summed E-state index contributed by atoms with van der Waals surface area (Å²) in [5, 5.41) is 14.1. The number of carbonyl (C=O) groups excluding carboxylic acids is 2. The first kappa shape index (κ1) is 16.1. The number of aliphatic carboxylic acids is 1. The molecular formula is C17H20NO4-. The van der Waals surface area contributed by atoms with Gasteiger partial charge in [0.15, 0.2) is 0 Å². The van der Waals surface area contributed by atoms with Crippen LogP contribution >= 0.6 is 0 Å². The number of methoxy groups -OCH3 is 1. The molecule has 0 saturated carbocycles. The van der Waals surface area contributed by atoms with Crippen LogP contribution in [0.1, 0.15) is 26.7 Å². The second-order valence-corrected chi connectivity index (χ2v) is 5.72. The molecule has 2 rings (SSSR count). The molecule has 0 radical (unpaired) electrons. The minimum absolute atomic E-state index is 0.286. The van der Waals surface area contributed by atoms with E-state index in [1.54, 1.807) is 31.4 Å². The van der Waals surface area contributed by atoms with Gasteiger partial charge in [0.25, 0.3) is 0 Å². The first-order valence-corrected chi connectivity index (χ1v) is 7.23. The summed E-state index contributed by atoms with van der Waals surface area (Å²) < 4.78 is 5.06. The molecule has 5 heteroatoms. The number of allylic oxidation sites excluding steroid dienone is 2. The molecule has 0 heterocycles. The second-order valence-electron chi connectivity index (χ2n) is 5.72. The van der Waals surface area contributed by atoms with Crippen LogP contribution in [0, 0.1) is 11.8 Å². The van der Waals surface area contributed by atoms with E-state index in [9.17, 15) is 14.7 Å². The molecule has 22 heavy (non-hydrogen) atoms. The summed E-state index contributed by atoms with van der Waals surface area (Å²) >= 11 is 0. The fraction of sp³-hybridized carbons (Fsp3) is 0.412. The smallest absolute Gasteiger partial charge is 0.228 e. The lowest BCUT2D eigenvalue weighted by Crippen LogP contribution is -2.42. The molecule has 118 valence electrons. The molecule has 0 aliphatic heterocycles. The van der Waals surface area contributed by atoms with Gasteiger partial charge in [0, 0.05) is 17.6 Å². The maximum Gasteiger partial charge on any atom is 0.228 e. The van der Waals surface area contributed by atoms with Crippen molar-refractivity contribution in [2.24, 2.45) is 11.8 Å². The Labute approximate surface area is 130 Å². The predicted octanol–water partition coefficient (Wildman–Crippen LogP) is 1.75. The molecule has 1 aliphatic rings. The number of hydrogen-bond acceptors (Lipinski definition) is 4. The van der Waals surface area contributed by atoms with Crippen molar-refractivity contribution in [3.05, 3.63) is 35.4 Å². The van der Waals surface area contributed by atoms with Crippen LogP contribution in [0.2, 0.25) is 0 Å². The van der Waals surface area contributed by atoms with Crippen molar-refractivity contribution in [3.8, 4) is 5.75 Å². The zero-order valence-corrected chi connectivity index (χ0v) is 13.0. The summed E-state index contributed by atoms with van der Waals surface area (Å²) in [6, 6.07) is 6.92. The van der Waals surface area contributed by atoms with Gasteiger partial charge in [-0.05, 0) is 51.0 Å². The third kappa shape index (κ3) is 3.47. The van der Waals surface area contributed by atoms with E-state index < -0.39 is 17.8 Å². The topological polar surface area (TPSA) is 78.5 Å². The van der Waals surface area contributed by atoms with E-state index in [1.807, 2.05) is 13.8 Å². The van der Waals surface area contributed by atoms with Gasteiger partial charge in [-0.1, -0.05) is 11.1 Å². The van der Waals surface area contributed by atoms with Crippen LogP contribution in [0.25, 0.3) is 0 Å². The number of carbonyl (C=O) groups is 2. The molecule has 0 saturated heterocycles. The Bertz CT molecular complexity index is 604. The number of rotatable bonds is 4. The summed E-state index contributed by atoms with van der Waals surface area (Å²) in [4.78, 5) is 23.8. The van der Waals surface area contributed by atoms with Gasteiger partial charge in [0.2, 0.25) is 5.91 Å². The van der Waals surface area contributed by atoms with Gasteiger partial charge in [0.1, 0.15) is 5.75 Å². The van der Waals surface area contributed by atoms with E-state index in [2.05, 4.69) is 5.32 Å². The van der Waals surface area contributed by atoms with Crippen molar-refractivity contribution in [1.82, 2.24) is 0 Å². The summed E-state index contributed by atoms with van der Waals surface area (Å²) in [7, 11) is 1.57. The molecular weight excluding hydrogens is 282 g/mol. The number of ether oxygens (including phenoxy) is 1. The number of nitrogens with one attached hydrogen (secondary N) is 1. The van der Waals surface area contributed by atoms with E-state index in [0.29, 0.717) is 24.3 Å². The van der Waals surface area contributed by atoms with Gasteiger partial charge < -0.3 is 20.0 Å². The van der Waals surface area contributed by atoms with Gasteiger partial charge in [-0.2, -0.15) is 0 Å². The maximum absolute atomic E-state index is 12.4. The number of carboxylic acid groups (broad SMARTS) is 1. The van der Waals surface area contributed by atoms with Crippen LogP contribution in [0.3, 0.4) is 0 Å². The minimum atomic E-state index is -1.17. The lowest BCUT2D eigenvalue weighted by Gasteiger charge is -2.32. The quantitative estimate of drug-likeness (QED) is 0.859. The maximum atomic E-state index is 12.4. The molecule has 0 unspecified atom stereocenters. The Morgan fingerprint density at radius 2 is 1.64 bits per heavy atom. The molecule has 0 aromatic heterocycles. The molecule has 0 spiro atoms. The lowest BCUT2D eigenvalue weighted by atomic mass is 9.76. The number of hydrogen-bond donors (Lipinski definition) is 1. The van der Waals surface area contributed by atoms with E-state index in [0.717, 1.165) is 11.1 Å². The first-order chi connectivity index (χ1) is 10.4. The van der Waals surface area contributed by atoms with E-state index in [4.69, 9.17) is 4.74 Å². The monoisotopic (exact) mass is 302 g/mol. The van der Waals surface area contributed by atoms with Crippen molar-refractivity contribution in [1.29, 1.82) is 0 Å². The Morgan fingerprint density at radius 1 is 1.09 bits per heavy atom. The van der Waals surface area contributed by atoms with E-state index in [-0.39, 0.29) is 5.91 Å². The number of carboxylic acids is 1. The summed E-state index contributed by atoms with van der Waals surface area (Å²) in [5.41, 5.74) is 2.72. The Hall–Kier alpha value is -2.30. The molecule has 1 aliphatic carbocycles. The molecule has 1 aromatic rings. The third-order valence-corrected chi connectivity index (χ3v) is 4.26. The van der Waals surface area contributed by atoms with Crippen LogP contribution in [-0.2, 0) is 9.59 Å². The van der Waals surface area contributed by atoms with Crippen molar-refractivity contribution >= 4 is 17.6 Å². The van der Waals surface area contributed by atoms with Crippen LogP contribution in [0.15, 0.2) is 35.4 Å². The Balaban J connectivity index is 2.14. The lowest BCUT2D eigenvalue weighted by molar-refractivity contribution is -0.313. The normalized spacial score (nSPS) is 21.4. The first-order valence-electron chi connectivity index (χ1n) is 7.23. The average Bonchev–Trinajstić information content (AvgIpc) is 2.50. The number of amides is 1. The van der Waals surface area contributed by atoms with Crippen LogP contribution in [0.5, 0.6) is 5.75 Å². The van der Waals surface area contributed by atoms with Gasteiger partial charge in [-0.3, -0.25) is 4.79 Å². The highest BCUT2D eigenvalue weighted by molar-refractivity contribution is 5.95. The second kappa shape index (κ2) is 6.64. The standard InChI is InChI=1S/C17H21NO4/c1-10-8-14(15(17(20)21)9-11(10)2)16(19)18-12-4-6-13(22-3)7-5-12/h4-7,14-15H,8-9H2,1-3H3,(H,18,19)(H,20,21)/p-1/t14-,15-/m0/s1. The van der Waals surface area contributed by atoms with E-state index in [1.165, 1.54) is 0 Å². The zero-order valence-electron chi connectivity index (χ0n) is 13.0. The molecule has 5 nitrogen and oxygen atoms in total. The van der Waals surface area contributed by atoms with Crippen LogP contribution < -0.4 is 15.2 Å². The van der Waals surface area contributed by atoms with Crippen molar-refractivity contribution in [2.45, 2.75) is 26.7 Å². The highest BCUT2D eigenvalue weighted by Gasteiger charge is 2.33. The summed E-state index contributed by atoms with van der Waals surface area (Å²) in [5.74, 6) is -2.14. The third-order valence-electron chi connectivity index (χ3n) is 4.26. The highest BCUT2D eigenvalue weighted by atomic mass is 16.5. The largest absolute Gasteiger partial charge is 0.550 e. The number of anilines is 1. The van der Waals surface area contributed by atoms with Gasteiger partial charge in [-0.15, -0.1) is 0 Å². The van der Waals surface area contributed by atoms with Crippen molar-refractivity contribution in [3.63, 3.8) is 0 Å². The Morgan fingerprint density at radius 3 is 2.14 bits per heavy atom. The molecule has 1 amide bonds. The predicted molar refractivity (Wildman–Crippen MR) is 81.2 cm³/mol. The average molecular weight is 302 g/mol.